The molecule has 0 saturated carbocycles. The van der Waals surface area contributed by atoms with E-state index in [4.69, 9.17) is 5.11 Å². The maximum atomic E-state index is 11.9. The summed E-state index contributed by atoms with van der Waals surface area (Å²) in [6.45, 7) is 1.69. The molecule has 0 saturated heterocycles. The maximum Gasteiger partial charge on any atom is 0.357 e. The molecule has 0 radical (unpaired) electrons. The quantitative estimate of drug-likeness (QED) is 0.890. The van der Waals surface area contributed by atoms with Gasteiger partial charge in [0.05, 0.1) is 5.01 Å². The molecule has 0 unspecified atom stereocenters. The summed E-state index contributed by atoms with van der Waals surface area (Å²) in [5.41, 5.74) is 0.349. The molecule has 1 aromatic heterocycles. The lowest BCUT2D eigenvalue weighted by Crippen LogP contribution is -2.13. The molecule has 5 nitrogen and oxygen atoms in total. The van der Waals surface area contributed by atoms with Crippen molar-refractivity contribution >= 4 is 28.2 Å². The van der Waals surface area contributed by atoms with Gasteiger partial charge in [-0.25, -0.2) is 9.78 Å². The Morgan fingerprint density at radius 1 is 1.28 bits per heavy atom. The molecule has 0 aliphatic heterocycles. The summed E-state index contributed by atoms with van der Waals surface area (Å²) in [5, 5.41) is 12.4. The van der Waals surface area contributed by atoms with Crippen LogP contribution >= 0.6 is 11.3 Å². The molecule has 0 spiro atoms. The lowest BCUT2D eigenvalue weighted by atomic mass is 10.2. The number of carbonyl (C=O) groups is 2. The van der Waals surface area contributed by atoms with Gasteiger partial charge in [0, 0.05) is 5.56 Å². The molecule has 1 aromatic carbocycles. The smallest absolute Gasteiger partial charge is 0.357 e. The second-order valence-corrected chi connectivity index (χ2v) is 4.74. The third-order valence-corrected chi connectivity index (χ3v) is 3.09. The number of anilines is 1. The van der Waals surface area contributed by atoms with Crippen LogP contribution in [0.15, 0.2) is 30.3 Å². The molecular formula is C12H10N2O3S. The van der Waals surface area contributed by atoms with E-state index in [0.29, 0.717) is 10.6 Å². The van der Waals surface area contributed by atoms with Crippen LogP contribution in [0.5, 0.6) is 0 Å². The predicted molar refractivity (Wildman–Crippen MR) is 68.2 cm³/mol. The topological polar surface area (TPSA) is 79.3 Å². The van der Waals surface area contributed by atoms with Crippen LogP contribution in [0.25, 0.3) is 0 Å². The van der Waals surface area contributed by atoms with Gasteiger partial charge in [0.1, 0.15) is 5.00 Å². The van der Waals surface area contributed by atoms with Gasteiger partial charge in [-0.2, -0.15) is 0 Å². The van der Waals surface area contributed by atoms with Crippen molar-refractivity contribution in [1.29, 1.82) is 0 Å². The lowest BCUT2D eigenvalue weighted by molar-refractivity contribution is 0.0692. The largest absolute Gasteiger partial charge is 0.476 e. The number of aromatic carboxylic acids is 1. The zero-order valence-electron chi connectivity index (χ0n) is 9.51. The third kappa shape index (κ3) is 2.54. The highest BCUT2D eigenvalue weighted by Crippen LogP contribution is 2.24. The van der Waals surface area contributed by atoms with Gasteiger partial charge in [0.25, 0.3) is 5.91 Å². The number of aryl methyl sites for hydroxylation is 1. The zero-order chi connectivity index (χ0) is 13.1. The summed E-state index contributed by atoms with van der Waals surface area (Å²) >= 11 is 1.14. The first-order valence-corrected chi connectivity index (χ1v) is 5.96. The van der Waals surface area contributed by atoms with Crippen molar-refractivity contribution in [1.82, 2.24) is 4.98 Å². The van der Waals surface area contributed by atoms with Crippen molar-refractivity contribution < 1.29 is 14.7 Å². The van der Waals surface area contributed by atoms with Crippen molar-refractivity contribution in [3.05, 3.63) is 46.6 Å². The first-order valence-electron chi connectivity index (χ1n) is 5.15. The second kappa shape index (κ2) is 4.97. The molecule has 0 bridgehead atoms. The number of rotatable bonds is 3. The second-order valence-electron chi connectivity index (χ2n) is 3.54. The van der Waals surface area contributed by atoms with Gasteiger partial charge >= 0.3 is 5.97 Å². The number of nitrogens with one attached hydrogen (secondary N) is 1. The summed E-state index contributed by atoms with van der Waals surface area (Å²) in [4.78, 5) is 26.7. The number of carbonyl (C=O) groups excluding carboxylic acids is 1. The Labute approximate surface area is 107 Å². The molecule has 0 aliphatic carbocycles. The van der Waals surface area contributed by atoms with E-state index in [-0.39, 0.29) is 16.6 Å². The average Bonchev–Trinajstić information content (AvgIpc) is 2.71. The van der Waals surface area contributed by atoms with Crippen LogP contribution in [0.4, 0.5) is 5.00 Å². The van der Waals surface area contributed by atoms with Crippen LogP contribution in [-0.4, -0.2) is 22.0 Å². The fourth-order valence-electron chi connectivity index (χ4n) is 1.42. The van der Waals surface area contributed by atoms with Crippen LogP contribution in [0.2, 0.25) is 0 Å². The molecule has 0 atom stereocenters. The minimum Gasteiger partial charge on any atom is -0.476 e. The predicted octanol–water partition coefficient (Wildman–Crippen LogP) is 2.40. The van der Waals surface area contributed by atoms with Crippen LogP contribution in [-0.2, 0) is 0 Å². The first kappa shape index (κ1) is 12.3. The Kier molecular flexibility index (Phi) is 3.38. The summed E-state index contributed by atoms with van der Waals surface area (Å²) < 4.78 is 0. The van der Waals surface area contributed by atoms with E-state index in [0.717, 1.165) is 11.3 Å². The highest BCUT2D eigenvalue weighted by molar-refractivity contribution is 7.16. The fraction of sp³-hybridized carbons (Fsp3) is 0.0833. The van der Waals surface area contributed by atoms with Gasteiger partial charge in [0.2, 0.25) is 0 Å². The molecular weight excluding hydrogens is 252 g/mol. The number of amides is 1. The molecule has 2 N–H and O–H groups in total. The van der Waals surface area contributed by atoms with Crippen molar-refractivity contribution in [2.75, 3.05) is 5.32 Å². The Morgan fingerprint density at radius 2 is 1.94 bits per heavy atom. The van der Waals surface area contributed by atoms with E-state index in [1.54, 1.807) is 37.3 Å². The number of aromatic nitrogens is 1. The molecule has 18 heavy (non-hydrogen) atoms. The van der Waals surface area contributed by atoms with E-state index >= 15 is 0 Å². The van der Waals surface area contributed by atoms with E-state index in [1.165, 1.54) is 0 Å². The van der Waals surface area contributed by atoms with Gasteiger partial charge in [0.15, 0.2) is 5.69 Å². The van der Waals surface area contributed by atoms with Crippen molar-refractivity contribution in [3.8, 4) is 0 Å². The Balaban J connectivity index is 2.25. The monoisotopic (exact) mass is 262 g/mol. The number of thiazole rings is 1. The Hall–Kier alpha value is -2.21. The number of hydrogen-bond acceptors (Lipinski definition) is 4. The summed E-state index contributed by atoms with van der Waals surface area (Å²) in [7, 11) is 0. The standard InChI is InChI=1S/C12H10N2O3S/c1-7-13-9(12(16)17)11(18-7)14-10(15)8-5-3-2-4-6-8/h2-6H,1H3,(H,14,15)(H,16,17). The van der Waals surface area contributed by atoms with Crippen LogP contribution in [0, 0.1) is 6.92 Å². The SMILES string of the molecule is Cc1nc(C(=O)O)c(NC(=O)c2ccccc2)s1. The summed E-state index contributed by atoms with van der Waals surface area (Å²) in [5.74, 6) is -1.50. The number of carboxylic acid groups (broad SMARTS) is 1. The lowest BCUT2D eigenvalue weighted by Gasteiger charge is -2.02. The minimum absolute atomic E-state index is 0.123. The van der Waals surface area contributed by atoms with E-state index in [1.807, 2.05) is 0 Å². The van der Waals surface area contributed by atoms with Crippen LogP contribution in [0.3, 0.4) is 0 Å². The van der Waals surface area contributed by atoms with Crippen LogP contribution < -0.4 is 5.32 Å². The molecule has 6 heteroatoms. The zero-order valence-corrected chi connectivity index (χ0v) is 10.3. The maximum absolute atomic E-state index is 11.9. The molecule has 0 aliphatic rings. The molecule has 1 amide bonds. The van der Waals surface area contributed by atoms with Gasteiger partial charge in [-0.15, -0.1) is 11.3 Å². The van der Waals surface area contributed by atoms with E-state index in [9.17, 15) is 9.59 Å². The van der Waals surface area contributed by atoms with Gasteiger partial charge in [-0.05, 0) is 19.1 Å². The first-order chi connectivity index (χ1) is 8.58. The van der Waals surface area contributed by atoms with Crippen molar-refractivity contribution in [2.45, 2.75) is 6.92 Å². The summed E-state index contributed by atoms with van der Waals surface area (Å²) in [6, 6.07) is 8.60. The van der Waals surface area contributed by atoms with E-state index in [2.05, 4.69) is 10.3 Å². The van der Waals surface area contributed by atoms with E-state index < -0.39 is 5.97 Å². The fourth-order valence-corrected chi connectivity index (χ4v) is 2.23. The third-order valence-electron chi connectivity index (χ3n) is 2.20. The molecule has 92 valence electrons. The number of carboxylic acids is 1. The Morgan fingerprint density at radius 3 is 2.56 bits per heavy atom. The highest BCUT2D eigenvalue weighted by atomic mass is 32.1. The number of nitrogens with zero attached hydrogens (tertiary/aromatic N) is 1. The minimum atomic E-state index is -1.15. The molecule has 2 rings (SSSR count). The molecule has 2 aromatic rings. The van der Waals surface area contributed by atoms with Gasteiger partial charge in [-0.1, -0.05) is 18.2 Å². The van der Waals surface area contributed by atoms with Gasteiger partial charge < -0.3 is 10.4 Å². The van der Waals surface area contributed by atoms with Gasteiger partial charge in [-0.3, -0.25) is 4.79 Å². The summed E-state index contributed by atoms with van der Waals surface area (Å²) in [6.07, 6.45) is 0. The van der Waals surface area contributed by atoms with Crippen LogP contribution in [0.1, 0.15) is 25.9 Å². The number of benzene rings is 1. The number of hydrogen-bond donors (Lipinski definition) is 2. The molecule has 1 heterocycles. The normalized spacial score (nSPS) is 10.1. The van der Waals surface area contributed by atoms with Crippen molar-refractivity contribution in [3.63, 3.8) is 0 Å². The molecule has 0 fully saturated rings. The average molecular weight is 262 g/mol. The Bertz CT molecular complexity index is 593. The van der Waals surface area contributed by atoms with Crippen molar-refractivity contribution in [2.24, 2.45) is 0 Å². The highest BCUT2D eigenvalue weighted by Gasteiger charge is 2.18.